The topological polar surface area (TPSA) is 49.3 Å². The minimum Gasteiger partial charge on any atom is -0.508 e. The van der Waals surface area contributed by atoms with Gasteiger partial charge in [0.2, 0.25) is 0 Å². The Morgan fingerprint density at radius 3 is 2.76 bits per heavy atom. The van der Waals surface area contributed by atoms with Crippen LogP contribution in [0.25, 0.3) is 0 Å². The minimum absolute atomic E-state index is 0.0647. The van der Waals surface area contributed by atoms with Crippen LogP contribution in [0.3, 0.4) is 0 Å². The summed E-state index contributed by atoms with van der Waals surface area (Å²) in [4.78, 5) is 11.6. The number of aryl methyl sites for hydroxylation is 1. The lowest BCUT2D eigenvalue weighted by atomic mass is 10.1. The molecule has 0 spiro atoms. The molecule has 17 heavy (non-hydrogen) atoms. The maximum absolute atomic E-state index is 13.5. The quantitative estimate of drug-likeness (QED) is 0.776. The number of phenolic OH excluding ortho intramolecular Hbond substituents is 1. The van der Waals surface area contributed by atoms with Crippen LogP contribution in [0.4, 0.5) is 4.39 Å². The van der Waals surface area contributed by atoms with Crippen LogP contribution in [0.1, 0.15) is 42.1 Å². The molecule has 0 heterocycles. The van der Waals surface area contributed by atoms with Gasteiger partial charge in [0.1, 0.15) is 11.6 Å². The van der Waals surface area contributed by atoms with Gasteiger partial charge in [-0.25, -0.2) is 4.39 Å². The molecule has 1 amide bonds. The van der Waals surface area contributed by atoms with Crippen molar-refractivity contribution in [1.82, 2.24) is 5.32 Å². The van der Waals surface area contributed by atoms with Crippen LogP contribution in [-0.4, -0.2) is 17.6 Å². The van der Waals surface area contributed by atoms with Crippen molar-refractivity contribution in [2.75, 3.05) is 6.54 Å². The molecule has 0 fully saturated rings. The van der Waals surface area contributed by atoms with Crippen molar-refractivity contribution in [3.05, 3.63) is 29.1 Å². The lowest BCUT2D eigenvalue weighted by molar-refractivity contribution is 0.0948. The Hall–Kier alpha value is -1.58. The second-order valence-corrected chi connectivity index (χ2v) is 4.08. The van der Waals surface area contributed by atoms with Gasteiger partial charge in [0, 0.05) is 6.54 Å². The lowest BCUT2D eigenvalue weighted by Gasteiger charge is -2.07. The largest absolute Gasteiger partial charge is 0.508 e. The smallest absolute Gasteiger partial charge is 0.254 e. The van der Waals surface area contributed by atoms with Crippen molar-refractivity contribution >= 4 is 5.91 Å². The summed E-state index contributed by atoms with van der Waals surface area (Å²) in [5, 5.41) is 12.1. The van der Waals surface area contributed by atoms with Gasteiger partial charge in [0.25, 0.3) is 5.91 Å². The predicted molar refractivity (Wildman–Crippen MR) is 64.7 cm³/mol. The molecule has 1 aromatic carbocycles. The molecule has 94 valence electrons. The van der Waals surface area contributed by atoms with Gasteiger partial charge in [-0.3, -0.25) is 4.79 Å². The Labute approximate surface area is 101 Å². The SMILES string of the molecule is CCCCCNC(=O)c1cc(O)c(C)cc1F. The third-order valence-electron chi connectivity index (χ3n) is 2.60. The number of aromatic hydroxyl groups is 1. The number of nitrogens with one attached hydrogen (secondary N) is 1. The van der Waals surface area contributed by atoms with Crippen LogP contribution in [-0.2, 0) is 0 Å². The van der Waals surface area contributed by atoms with Gasteiger partial charge >= 0.3 is 0 Å². The number of carbonyl (C=O) groups excluding carboxylic acids is 1. The second-order valence-electron chi connectivity index (χ2n) is 4.08. The van der Waals surface area contributed by atoms with Gasteiger partial charge in [-0.1, -0.05) is 19.8 Å². The van der Waals surface area contributed by atoms with Crippen LogP contribution < -0.4 is 5.32 Å². The summed E-state index contributed by atoms with van der Waals surface area (Å²) < 4.78 is 13.5. The molecular weight excluding hydrogens is 221 g/mol. The Kier molecular flexibility index (Phi) is 4.94. The summed E-state index contributed by atoms with van der Waals surface area (Å²) in [6.07, 6.45) is 2.97. The molecular formula is C13H18FNO2. The van der Waals surface area contributed by atoms with Gasteiger partial charge in [-0.15, -0.1) is 0 Å². The van der Waals surface area contributed by atoms with E-state index in [-0.39, 0.29) is 11.3 Å². The highest BCUT2D eigenvalue weighted by Crippen LogP contribution is 2.20. The second kappa shape index (κ2) is 6.23. The molecule has 0 bridgehead atoms. The zero-order valence-electron chi connectivity index (χ0n) is 10.2. The molecule has 0 radical (unpaired) electrons. The van der Waals surface area contributed by atoms with Gasteiger partial charge in [-0.05, 0) is 31.0 Å². The number of carbonyl (C=O) groups is 1. The van der Waals surface area contributed by atoms with E-state index in [1.807, 2.05) is 0 Å². The summed E-state index contributed by atoms with van der Waals surface area (Å²) in [5.41, 5.74) is 0.314. The van der Waals surface area contributed by atoms with E-state index in [0.717, 1.165) is 25.3 Å². The molecule has 0 atom stereocenters. The van der Waals surface area contributed by atoms with E-state index in [1.165, 1.54) is 6.07 Å². The van der Waals surface area contributed by atoms with Crippen LogP contribution >= 0.6 is 0 Å². The first-order valence-corrected chi connectivity index (χ1v) is 5.83. The summed E-state index contributed by atoms with van der Waals surface area (Å²) in [6, 6.07) is 2.33. The van der Waals surface area contributed by atoms with Gasteiger partial charge in [-0.2, -0.15) is 0 Å². The van der Waals surface area contributed by atoms with E-state index < -0.39 is 11.7 Å². The van der Waals surface area contributed by atoms with Crippen molar-refractivity contribution < 1.29 is 14.3 Å². The molecule has 3 nitrogen and oxygen atoms in total. The first kappa shape index (κ1) is 13.5. The highest BCUT2D eigenvalue weighted by atomic mass is 19.1. The highest BCUT2D eigenvalue weighted by Gasteiger charge is 2.13. The molecule has 0 aliphatic carbocycles. The van der Waals surface area contributed by atoms with Crippen LogP contribution in [0.2, 0.25) is 0 Å². The van der Waals surface area contributed by atoms with Crippen molar-refractivity contribution in [3.63, 3.8) is 0 Å². The first-order valence-electron chi connectivity index (χ1n) is 5.83. The van der Waals surface area contributed by atoms with Crippen LogP contribution in [0.5, 0.6) is 5.75 Å². The van der Waals surface area contributed by atoms with Crippen molar-refractivity contribution in [1.29, 1.82) is 0 Å². The fourth-order valence-corrected chi connectivity index (χ4v) is 1.51. The number of halogens is 1. The van der Waals surface area contributed by atoms with E-state index >= 15 is 0 Å². The van der Waals surface area contributed by atoms with Crippen LogP contribution in [0.15, 0.2) is 12.1 Å². The molecule has 0 saturated carbocycles. The Morgan fingerprint density at radius 1 is 1.41 bits per heavy atom. The number of amides is 1. The molecule has 2 N–H and O–H groups in total. The first-order chi connectivity index (χ1) is 8.06. The molecule has 1 aromatic rings. The van der Waals surface area contributed by atoms with E-state index in [2.05, 4.69) is 12.2 Å². The standard InChI is InChI=1S/C13H18FNO2/c1-3-4-5-6-15-13(17)10-8-12(16)9(2)7-11(10)14/h7-8,16H,3-6H2,1-2H3,(H,15,17). The average molecular weight is 239 g/mol. The Morgan fingerprint density at radius 2 is 2.12 bits per heavy atom. The number of hydrogen-bond donors (Lipinski definition) is 2. The maximum atomic E-state index is 13.5. The molecule has 0 saturated heterocycles. The number of phenols is 1. The van der Waals surface area contributed by atoms with E-state index in [9.17, 15) is 14.3 Å². The maximum Gasteiger partial charge on any atom is 0.254 e. The third-order valence-corrected chi connectivity index (χ3v) is 2.60. The fraction of sp³-hybridized carbons (Fsp3) is 0.462. The minimum atomic E-state index is -0.603. The molecule has 0 aliphatic rings. The van der Waals surface area contributed by atoms with Gasteiger partial charge in [0.05, 0.1) is 5.56 Å². The number of rotatable bonds is 5. The summed E-state index contributed by atoms with van der Waals surface area (Å²) in [6.45, 7) is 4.18. The van der Waals surface area contributed by atoms with Crippen molar-refractivity contribution in [3.8, 4) is 5.75 Å². The van der Waals surface area contributed by atoms with Crippen molar-refractivity contribution in [2.24, 2.45) is 0 Å². The summed E-state index contributed by atoms with van der Waals surface area (Å²) in [7, 11) is 0. The Balaban J connectivity index is 2.66. The summed E-state index contributed by atoms with van der Waals surface area (Å²) in [5.74, 6) is -1.15. The van der Waals surface area contributed by atoms with Gasteiger partial charge < -0.3 is 10.4 Å². The highest BCUT2D eigenvalue weighted by molar-refractivity contribution is 5.94. The molecule has 1 rings (SSSR count). The van der Waals surface area contributed by atoms with Gasteiger partial charge in [0.15, 0.2) is 0 Å². The van der Waals surface area contributed by atoms with Crippen LogP contribution in [0, 0.1) is 12.7 Å². The predicted octanol–water partition coefficient (Wildman–Crippen LogP) is 2.76. The number of benzene rings is 1. The number of hydrogen-bond acceptors (Lipinski definition) is 2. The normalized spacial score (nSPS) is 10.3. The van der Waals surface area contributed by atoms with E-state index in [0.29, 0.717) is 12.1 Å². The summed E-state index contributed by atoms with van der Waals surface area (Å²) >= 11 is 0. The Bertz CT molecular complexity index is 405. The zero-order chi connectivity index (χ0) is 12.8. The van der Waals surface area contributed by atoms with E-state index in [1.54, 1.807) is 6.92 Å². The molecule has 4 heteroatoms. The van der Waals surface area contributed by atoms with E-state index in [4.69, 9.17) is 0 Å². The molecule has 0 unspecified atom stereocenters. The van der Waals surface area contributed by atoms with Crippen molar-refractivity contribution in [2.45, 2.75) is 33.1 Å². The molecule has 0 aromatic heterocycles. The molecule has 0 aliphatic heterocycles. The third kappa shape index (κ3) is 3.73. The zero-order valence-corrected chi connectivity index (χ0v) is 10.2. The average Bonchev–Trinajstić information content (AvgIpc) is 2.29. The lowest BCUT2D eigenvalue weighted by Crippen LogP contribution is -2.25. The monoisotopic (exact) mass is 239 g/mol. The number of unbranched alkanes of at least 4 members (excludes halogenated alkanes) is 2. The fourth-order valence-electron chi connectivity index (χ4n) is 1.51.